The Kier molecular flexibility index (Phi) is 7.88. The van der Waals surface area contributed by atoms with E-state index in [0.29, 0.717) is 24.9 Å². The van der Waals surface area contributed by atoms with Gasteiger partial charge in [-0.1, -0.05) is 12.8 Å². The first kappa shape index (κ1) is 25.2. The highest BCUT2D eigenvalue weighted by molar-refractivity contribution is 5.77. The molecular weight excluding hydrogens is 461 g/mol. The van der Waals surface area contributed by atoms with Gasteiger partial charge in [-0.2, -0.15) is 5.10 Å². The van der Waals surface area contributed by atoms with Gasteiger partial charge in [0.2, 0.25) is 5.91 Å². The van der Waals surface area contributed by atoms with Crippen molar-refractivity contribution < 1.29 is 18.7 Å². The zero-order valence-electron chi connectivity index (χ0n) is 21.3. The number of amides is 1. The number of ether oxygens (including phenoxy) is 2. The molecule has 2 aliphatic heterocycles. The zero-order chi connectivity index (χ0) is 25.0. The monoisotopic (exact) mass is 499 g/mol. The Hall–Kier alpha value is -2.49. The van der Waals surface area contributed by atoms with Gasteiger partial charge in [0, 0.05) is 57.6 Å². The third-order valence-corrected chi connectivity index (χ3v) is 7.73. The Balaban J connectivity index is 1.27. The maximum Gasteiger partial charge on any atom is 0.225 e. The van der Waals surface area contributed by atoms with Gasteiger partial charge in [-0.15, -0.1) is 0 Å². The van der Waals surface area contributed by atoms with Crippen LogP contribution in [0.4, 0.5) is 4.39 Å². The van der Waals surface area contributed by atoms with Crippen molar-refractivity contribution in [3.05, 3.63) is 48.0 Å². The number of likely N-dealkylation sites (N-methyl/N-ethyl adjacent to an activating group) is 1. The van der Waals surface area contributed by atoms with Gasteiger partial charge in [0.1, 0.15) is 23.8 Å². The van der Waals surface area contributed by atoms with E-state index in [9.17, 15) is 9.18 Å². The SMILES string of the molecule is CN1CCN(C(=O)C[C@]2(COc3ccc(F)cc3)CN(Cc3cnn(C4CCCC4)c3)CCO2)CC1. The fourth-order valence-electron chi connectivity index (χ4n) is 5.58. The van der Waals surface area contributed by atoms with Crippen LogP contribution in [0.5, 0.6) is 5.75 Å². The summed E-state index contributed by atoms with van der Waals surface area (Å²) < 4.78 is 27.9. The minimum atomic E-state index is -0.769. The average molecular weight is 500 g/mol. The molecule has 5 rings (SSSR count). The minimum absolute atomic E-state index is 0.0988. The van der Waals surface area contributed by atoms with E-state index in [1.807, 2.05) is 11.1 Å². The number of nitrogens with zero attached hydrogens (tertiary/aromatic N) is 5. The normalized spacial score (nSPS) is 24.3. The molecule has 0 radical (unpaired) electrons. The Bertz CT molecular complexity index is 1000. The second-order valence-corrected chi connectivity index (χ2v) is 10.6. The molecule has 8 nitrogen and oxygen atoms in total. The average Bonchev–Trinajstić information content (AvgIpc) is 3.57. The highest BCUT2D eigenvalue weighted by Crippen LogP contribution is 2.30. The molecule has 0 bridgehead atoms. The second kappa shape index (κ2) is 11.3. The highest BCUT2D eigenvalue weighted by Gasteiger charge is 2.41. The van der Waals surface area contributed by atoms with Crippen molar-refractivity contribution in [2.24, 2.45) is 0 Å². The van der Waals surface area contributed by atoms with Crippen LogP contribution in [-0.2, 0) is 16.1 Å². The standard InChI is InChI=1S/C27H38FN5O3/c1-30-10-12-32(13-11-30)26(34)16-27(21-35-25-8-6-23(28)7-9-25)20-31(14-15-36-27)18-22-17-29-33(19-22)24-4-2-3-5-24/h6-9,17,19,24H,2-5,10-16,18,20-21H2,1H3/t27-/m1/s1. The lowest BCUT2D eigenvalue weighted by atomic mass is 9.96. The molecule has 1 amide bonds. The molecule has 9 heteroatoms. The van der Waals surface area contributed by atoms with Gasteiger partial charge in [0.15, 0.2) is 0 Å². The van der Waals surface area contributed by atoms with E-state index in [1.54, 1.807) is 12.1 Å². The van der Waals surface area contributed by atoms with E-state index in [2.05, 4.69) is 32.8 Å². The molecule has 0 unspecified atom stereocenters. The molecule has 3 fully saturated rings. The summed E-state index contributed by atoms with van der Waals surface area (Å²) in [5.41, 5.74) is 0.414. The Morgan fingerprint density at radius 2 is 1.89 bits per heavy atom. The van der Waals surface area contributed by atoms with Crippen molar-refractivity contribution in [2.45, 2.75) is 50.3 Å². The van der Waals surface area contributed by atoms with Gasteiger partial charge in [0.05, 0.1) is 25.3 Å². The van der Waals surface area contributed by atoms with E-state index in [-0.39, 0.29) is 24.8 Å². The number of carbonyl (C=O) groups is 1. The second-order valence-electron chi connectivity index (χ2n) is 10.6. The number of morpholine rings is 1. The first-order valence-corrected chi connectivity index (χ1v) is 13.2. The molecule has 196 valence electrons. The molecule has 0 N–H and O–H groups in total. The Morgan fingerprint density at radius 1 is 1.14 bits per heavy atom. The fourth-order valence-corrected chi connectivity index (χ4v) is 5.58. The van der Waals surface area contributed by atoms with Crippen LogP contribution < -0.4 is 4.74 Å². The molecule has 1 aromatic carbocycles. The number of benzene rings is 1. The zero-order valence-corrected chi connectivity index (χ0v) is 21.3. The van der Waals surface area contributed by atoms with Gasteiger partial charge in [-0.25, -0.2) is 4.39 Å². The lowest BCUT2D eigenvalue weighted by Gasteiger charge is -2.43. The molecule has 1 aliphatic carbocycles. The number of aromatic nitrogens is 2. The first-order valence-electron chi connectivity index (χ1n) is 13.2. The summed E-state index contributed by atoms with van der Waals surface area (Å²) in [5, 5.41) is 4.64. The van der Waals surface area contributed by atoms with Crippen LogP contribution in [0.3, 0.4) is 0 Å². The molecule has 36 heavy (non-hydrogen) atoms. The van der Waals surface area contributed by atoms with E-state index in [4.69, 9.17) is 9.47 Å². The van der Waals surface area contributed by atoms with Gasteiger partial charge < -0.3 is 19.3 Å². The lowest BCUT2D eigenvalue weighted by molar-refractivity contribution is -0.157. The van der Waals surface area contributed by atoms with Crippen LogP contribution >= 0.6 is 0 Å². The van der Waals surface area contributed by atoms with E-state index >= 15 is 0 Å². The summed E-state index contributed by atoms with van der Waals surface area (Å²) >= 11 is 0. The van der Waals surface area contributed by atoms with Crippen molar-refractivity contribution in [3.63, 3.8) is 0 Å². The largest absolute Gasteiger partial charge is 0.491 e. The van der Waals surface area contributed by atoms with Gasteiger partial charge in [-0.05, 0) is 44.2 Å². The van der Waals surface area contributed by atoms with E-state index in [1.165, 1.54) is 43.4 Å². The number of halogens is 1. The summed E-state index contributed by atoms with van der Waals surface area (Å²) in [7, 11) is 2.08. The molecule has 1 saturated carbocycles. The number of hydrogen-bond donors (Lipinski definition) is 0. The van der Waals surface area contributed by atoms with Crippen LogP contribution in [0, 0.1) is 5.82 Å². The van der Waals surface area contributed by atoms with Crippen LogP contribution in [0.25, 0.3) is 0 Å². The first-order chi connectivity index (χ1) is 17.5. The number of piperazine rings is 1. The summed E-state index contributed by atoms with van der Waals surface area (Å²) in [5.74, 6) is 0.364. The third-order valence-electron chi connectivity index (χ3n) is 7.73. The molecule has 0 spiro atoms. The minimum Gasteiger partial charge on any atom is -0.491 e. The van der Waals surface area contributed by atoms with Crippen LogP contribution in [-0.4, -0.2) is 95.5 Å². The fraction of sp³-hybridized carbons (Fsp3) is 0.630. The molecule has 3 heterocycles. The molecule has 1 aromatic heterocycles. The maximum atomic E-state index is 13.4. The lowest BCUT2D eigenvalue weighted by Crippen LogP contribution is -2.58. The van der Waals surface area contributed by atoms with Crippen molar-refractivity contribution in [2.75, 3.05) is 59.5 Å². The van der Waals surface area contributed by atoms with Crippen molar-refractivity contribution >= 4 is 5.91 Å². The molecule has 2 aromatic rings. The quantitative estimate of drug-likeness (QED) is 0.557. The van der Waals surface area contributed by atoms with Gasteiger partial charge >= 0.3 is 0 Å². The third kappa shape index (κ3) is 6.25. The van der Waals surface area contributed by atoms with Gasteiger partial charge in [-0.3, -0.25) is 14.4 Å². The predicted octanol–water partition coefficient (Wildman–Crippen LogP) is 2.95. The predicted molar refractivity (Wildman–Crippen MR) is 134 cm³/mol. The summed E-state index contributed by atoms with van der Waals surface area (Å²) in [6, 6.07) is 6.51. The van der Waals surface area contributed by atoms with Crippen molar-refractivity contribution in [1.82, 2.24) is 24.5 Å². The molecule has 1 atom stereocenters. The molecule has 2 saturated heterocycles. The maximum absolute atomic E-state index is 13.4. The smallest absolute Gasteiger partial charge is 0.225 e. The molecule has 3 aliphatic rings. The highest BCUT2D eigenvalue weighted by atomic mass is 19.1. The van der Waals surface area contributed by atoms with Crippen LogP contribution in [0.15, 0.2) is 36.7 Å². The molecular formula is C27H38FN5O3. The van der Waals surface area contributed by atoms with Crippen LogP contribution in [0.2, 0.25) is 0 Å². The van der Waals surface area contributed by atoms with Gasteiger partial charge in [0.25, 0.3) is 0 Å². The summed E-state index contributed by atoms with van der Waals surface area (Å²) in [6.45, 7) is 6.11. The van der Waals surface area contributed by atoms with E-state index in [0.717, 1.165) is 39.3 Å². The summed E-state index contributed by atoms with van der Waals surface area (Å²) in [6.07, 6.45) is 9.38. The van der Waals surface area contributed by atoms with E-state index < -0.39 is 5.60 Å². The van der Waals surface area contributed by atoms with Crippen LogP contribution in [0.1, 0.15) is 43.7 Å². The number of hydrogen-bond acceptors (Lipinski definition) is 6. The van der Waals surface area contributed by atoms with Crippen molar-refractivity contribution in [1.29, 1.82) is 0 Å². The van der Waals surface area contributed by atoms with Crippen molar-refractivity contribution in [3.8, 4) is 5.75 Å². The number of rotatable bonds is 8. The topological polar surface area (TPSA) is 63.1 Å². The Labute approximate surface area is 212 Å². The summed E-state index contributed by atoms with van der Waals surface area (Å²) in [4.78, 5) is 19.9. The Morgan fingerprint density at radius 3 is 2.64 bits per heavy atom. The number of carbonyl (C=O) groups excluding carboxylic acids is 1.